The minimum atomic E-state index is 0.837. The van der Waals surface area contributed by atoms with Crippen LogP contribution < -0.4 is 11.7 Å². The van der Waals surface area contributed by atoms with E-state index in [1.807, 2.05) is 18.3 Å². The van der Waals surface area contributed by atoms with E-state index >= 15 is 0 Å². The molecule has 0 saturated carbocycles. The van der Waals surface area contributed by atoms with E-state index in [0.717, 1.165) is 56.5 Å². The third kappa shape index (κ3) is 3.74. The maximum absolute atomic E-state index is 6.37. The SMILES string of the molecule is CCc1cc(-c2ccc(-c3nnc4c5ccccc5ccn34)cc2)c2oc3ccc(C)cc3c2c1.NN. The highest BCUT2D eigenvalue weighted by Gasteiger charge is 2.15. The first kappa shape index (κ1) is 22.9. The highest BCUT2D eigenvalue weighted by atomic mass is 16.3. The van der Waals surface area contributed by atoms with Gasteiger partial charge < -0.3 is 4.42 Å². The van der Waals surface area contributed by atoms with Crippen LogP contribution >= 0.6 is 0 Å². The number of rotatable bonds is 3. The van der Waals surface area contributed by atoms with Gasteiger partial charge in [-0.15, -0.1) is 10.2 Å². The summed E-state index contributed by atoms with van der Waals surface area (Å²) in [7, 11) is 0. The standard InChI is InChI=1S/C31H23N3O.H4N2/c1-3-20-17-25(29-27(18-20)26-16-19(2)8-13-28(26)35-29)22-9-11-23(12-10-22)30-32-33-31-24-7-5-4-6-21(24)14-15-34(30)31;1-2/h4-18H,3H2,1-2H3;1-2H2. The maximum atomic E-state index is 6.37. The molecule has 7 aromatic rings. The molecule has 0 amide bonds. The molecule has 0 aliphatic rings. The van der Waals surface area contributed by atoms with Gasteiger partial charge in [0, 0.05) is 33.5 Å². The second-order valence-electron chi connectivity index (χ2n) is 9.17. The van der Waals surface area contributed by atoms with Crippen molar-refractivity contribution >= 4 is 38.4 Å². The van der Waals surface area contributed by atoms with Crippen LogP contribution in [0.15, 0.2) is 95.5 Å². The zero-order chi connectivity index (χ0) is 25.5. The summed E-state index contributed by atoms with van der Waals surface area (Å²) in [6.45, 7) is 4.32. The van der Waals surface area contributed by atoms with Crippen LogP contribution in [-0.2, 0) is 6.42 Å². The Balaban J connectivity index is 0.00000123. The first-order chi connectivity index (χ1) is 18.2. The minimum Gasteiger partial charge on any atom is -0.455 e. The van der Waals surface area contributed by atoms with Crippen LogP contribution in [0.25, 0.3) is 60.9 Å². The van der Waals surface area contributed by atoms with Crippen molar-refractivity contribution in [3.63, 3.8) is 0 Å². The second kappa shape index (κ2) is 9.17. The van der Waals surface area contributed by atoms with Crippen molar-refractivity contribution in [3.8, 4) is 22.5 Å². The van der Waals surface area contributed by atoms with Gasteiger partial charge in [0.25, 0.3) is 0 Å². The van der Waals surface area contributed by atoms with Crippen LogP contribution in [0.4, 0.5) is 0 Å². The first-order valence-corrected chi connectivity index (χ1v) is 12.3. The van der Waals surface area contributed by atoms with Crippen LogP contribution in [0.3, 0.4) is 0 Å². The van der Waals surface area contributed by atoms with E-state index in [4.69, 9.17) is 4.42 Å². The Bertz CT molecular complexity index is 1900. The van der Waals surface area contributed by atoms with Gasteiger partial charge in [0.1, 0.15) is 11.2 Å². The molecule has 6 nitrogen and oxygen atoms in total. The van der Waals surface area contributed by atoms with E-state index in [2.05, 4.69) is 113 Å². The van der Waals surface area contributed by atoms with Gasteiger partial charge in [0.05, 0.1) is 0 Å². The summed E-state index contributed by atoms with van der Waals surface area (Å²) in [4.78, 5) is 0. The number of nitrogens with zero attached hydrogens (tertiary/aromatic N) is 3. The average Bonchev–Trinajstić information content (AvgIpc) is 3.55. The van der Waals surface area contributed by atoms with Gasteiger partial charge >= 0.3 is 0 Å². The molecule has 0 aliphatic carbocycles. The fraction of sp³-hybridized carbons (Fsp3) is 0.0968. The molecule has 0 unspecified atom stereocenters. The van der Waals surface area contributed by atoms with Crippen molar-refractivity contribution in [2.75, 3.05) is 0 Å². The third-order valence-electron chi connectivity index (χ3n) is 6.95. The van der Waals surface area contributed by atoms with Crippen LogP contribution in [0.5, 0.6) is 0 Å². The largest absolute Gasteiger partial charge is 0.455 e. The molecule has 0 atom stereocenters. The molecule has 0 aliphatic heterocycles. The number of aromatic nitrogens is 3. The van der Waals surface area contributed by atoms with Gasteiger partial charge in [-0.25, -0.2) is 0 Å². The molecule has 0 radical (unpaired) electrons. The normalized spacial score (nSPS) is 11.4. The Kier molecular flexibility index (Phi) is 5.68. The van der Waals surface area contributed by atoms with Crippen molar-refractivity contribution in [1.82, 2.24) is 14.6 Å². The zero-order valence-electron chi connectivity index (χ0n) is 20.8. The monoisotopic (exact) mass is 485 g/mol. The van der Waals surface area contributed by atoms with Crippen molar-refractivity contribution in [1.29, 1.82) is 0 Å². The van der Waals surface area contributed by atoms with Gasteiger partial charge in [-0.2, -0.15) is 0 Å². The number of fused-ring (bicyclic) bond motifs is 6. The quantitative estimate of drug-likeness (QED) is 0.212. The summed E-state index contributed by atoms with van der Waals surface area (Å²) < 4.78 is 8.43. The Morgan fingerprint density at radius 1 is 0.784 bits per heavy atom. The molecular weight excluding hydrogens is 458 g/mol. The van der Waals surface area contributed by atoms with Crippen molar-refractivity contribution < 1.29 is 4.42 Å². The molecule has 37 heavy (non-hydrogen) atoms. The number of hydrogen-bond donors (Lipinski definition) is 2. The zero-order valence-corrected chi connectivity index (χ0v) is 20.8. The summed E-state index contributed by atoms with van der Waals surface area (Å²) in [5.74, 6) is 8.84. The topological polar surface area (TPSA) is 95.4 Å². The van der Waals surface area contributed by atoms with Crippen LogP contribution in [-0.4, -0.2) is 14.6 Å². The first-order valence-electron chi connectivity index (χ1n) is 12.3. The molecule has 4 N–H and O–H groups in total. The smallest absolute Gasteiger partial charge is 0.168 e. The van der Waals surface area contributed by atoms with Gasteiger partial charge in [-0.1, -0.05) is 67.1 Å². The van der Waals surface area contributed by atoms with Crippen LogP contribution in [0.1, 0.15) is 18.1 Å². The van der Waals surface area contributed by atoms with Crippen molar-refractivity contribution in [3.05, 3.63) is 102 Å². The predicted octanol–water partition coefficient (Wildman–Crippen LogP) is 6.81. The molecule has 3 heterocycles. The van der Waals surface area contributed by atoms with E-state index < -0.39 is 0 Å². The number of hydrogen-bond acceptors (Lipinski definition) is 5. The molecule has 7 rings (SSSR count). The van der Waals surface area contributed by atoms with Crippen molar-refractivity contribution in [2.45, 2.75) is 20.3 Å². The van der Waals surface area contributed by atoms with E-state index in [1.54, 1.807) is 0 Å². The Hall–Kier alpha value is -4.52. The van der Waals surface area contributed by atoms with Gasteiger partial charge in [-0.05, 0) is 60.2 Å². The lowest BCUT2D eigenvalue weighted by Crippen LogP contribution is -2.02. The number of benzene rings is 4. The highest BCUT2D eigenvalue weighted by molar-refractivity contribution is 6.10. The van der Waals surface area contributed by atoms with Crippen molar-refractivity contribution in [2.24, 2.45) is 11.7 Å². The lowest BCUT2D eigenvalue weighted by molar-refractivity contribution is 0.670. The molecular formula is C31H27N5O. The van der Waals surface area contributed by atoms with Crippen LogP contribution in [0.2, 0.25) is 0 Å². The lowest BCUT2D eigenvalue weighted by Gasteiger charge is -2.08. The van der Waals surface area contributed by atoms with Gasteiger partial charge in [-0.3, -0.25) is 16.1 Å². The fourth-order valence-corrected chi connectivity index (χ4v) is 5.08. The summed E-state index contributed by atoms with van der Waals surface area (Å²) in [6, 6.07) is 29.9. The number of pyridine rings is 1. The molecule has 0 bridgehead atoms. The minimum absolute atomic E-state index is 0.837. The van der Waals surface area contributed by atoms with E-state index in [9.17, 15) is 0 Å². The summed E-state index contributed by atoms with van der Waals surface area (Å²) >= 11 is 0. The van der Waals surface area contributed by atoms with E-state index in [1.165, 1.54) is 21.9 Å². The molecule has 4 aromatic carbocycles. The second-order valence-corrected chi connectivity index (χ2v) is 9.17. The van der Waals surface area contributed by atoms with E-state index in [0.29, 0.717) is 0 Å². The molecule has 0 spiro atoms. The summed E-state index contributed by atoms with van der Waals surface area (Å²) in [5.41, 5.74) is 8.56. The van der Waals surface area contributed by atoms with Gasteiger partial charge in [0.15, 0.2) is 11.5 Å². The summed E-state index contributed by atoms with van der Waals surface area (Å²) in [5, 5.41) is 13.6. The maximum Gasteiger partial charge on any atom is 0.168 e. The highest BCUT2D eigenvalue weighted by Crippen LogP contribution is 2.38. The molecule has 0 fully saturated rings. The molecule has 182 valence electrons. The van der Waals surface area contributed by atoms with Crippen LogP contribution in [0, 0.1) is 6.92 Å². The Morgan fingerprint density at radius 2 is 1.57 bits per heavy atom. The Morgan fingerprint density at radius 3 is 2.38 bits per heavy atom. The average molecular weight is 486 g/mol. The lowest BCUT2D eigenvalue weighted by atomic mass is 9.97. The van der Waals surface area contributed by atoms with Gasteiger partial charge in [0.2, 0.25) is 0 Å². The fourth-order valence-electron chi connectivity index (χ4n) is 5.08. The number of hydrazine groups is 1. The number of aryl methyl sites for hydroxylation is 2. The number of furan rings is 1. The molecule has 3 aromatic heterocycles. The Labute approximate surface area is 214 Å². The summed E-state index contributed by atoms with van der Waals surface area (Å²) in [6.07, 6.45) is 3.02. The molecule has 0 saturated heterocycles. The number of nitrogens with two attached hydrogens (primary N) is 2. The molecule has 6 heteroatoms. The predicted molar refractivity (Wildman–Crippen MR) is 151 cm³/mol. The van der Waals surface area contributed by atoms with E-state index in [-0.39, 0.29) is 0 Å². The third-order valence-corrected chi connectivity index (χ3v) is 6.95.